The third-order valence-electron chi connectivity index (χ3n) is 4.58. The molecule has 0 radical (unpaired) electrons. The zero-order valence-corrected chi connectivity index (χ0v) is 13.9. The summed E-state index contributed by atoms with van der Waals surface area (Å²) in [7, 11) is 0. The molecule has 0 bridgehead atoms. The molecule has 0 spiro atoms. The van der Waals surface area contributed by atoms with Gasteiger partial charge in [-0.1, -0.05) is 19.9 Å². The molecule has 3 atom stereocenters. The fourth-order valence-electron chi connectivity index (χ4n) is 3.11. The Morgan fingerprint density at radius 2 is 2.21 bits per heavy atom. The number of nitrogens with zero attached hydrogens (tertiary/aromatic N) is 1. The highest BCUT2D eigenvalue weighted by molar-refractivity contribution is 5.95. The third kappa shape index (κ3) is 3.44. The van der Waals surface area contributed by atoms with Crippen molar-refractivity contribution in [1.82, 2.24) is 21.5 Å². The number of urea groups is 2. The van der Waals surface area contributed by atoms with Gasteiger partial charge in [-0.3, -0.25) is 10.3 Å². The third-order valence-corrected chi connectivity index (χ3v) is 4.58. The van der Waals surface area contributed by atoms with E-state index in [1.54, 1.807) is 17.0 Å². The highest BCUT2D eigenvalue weighted by atomic mass is 16.2. The van der Waals surface area contributed by atoms with E-state index >= 15 is 0 Å². The monoisotopic (exact) mass is 332 g/mol. The Morgan fingerprint density at radius 1 is 1.38 bits per heavy atom. The van der Waals surface area contributed by atoms with E-state index in [4.69, 9.17) is 0 Å². The van der Waals surface area contributed by atoms with E-state index in [-0.39, 0.29) is 18.2 Å². The number of benzene rings is 1. The summed E-state index contributed by atoms with van der Waals surface area (Å²) < 4.78 is 0. The van der Waals surface area contributed by atoms with E-state index in [0.29, 0.717) is 30.7 Å². The number of nitrogens with one attached hydrogen (secondary N) is 5. The molecule has 8 heteroatoms. The highest BCUT2D eigenvalue weighted by Gasteiger charge is 2.32. The number of amides is 4. The number of rotatable bonds is 4. The maximum atomic E-state index is 12.2. The number of hydrazine groups is 1. The molecule has 1 aromatic rings. The quantitative estimate of drug-likeness (QED) is 0.572. The summed E-state index contributed by atoms with van der Waals surface area (Å²) in [4.78, 5) is 25.6. The number of hydrogen-bond donors (Lipinski definition) is 5. The van der Waals surface area contributed by atoms with Crippen LogP contribution in [0.4, 0.5) is 21.0 Å². The van der Waals surface area contributed by atoms with Crippen molar-refractivity contribution in [2.45, 2.75) is 32.5 Å². The molecule has 130 valence electrons. The summed E-state index contributed by atoms with van der Waals surface area (Å²) in [5, 5.41) is 8.51. The van der Waals surface area contributed by atoms with Gasteiger partial charge in [-0.2, -0.15) is 0 Å². The van der Waals surface area contributed by atoms with Crippen molar-refractivity contribution in [3.63, 3.8) is 0 Å². The number of carbonyl (C=O) groups is 2. The van der Waals surface area contributed by atoms with Gasteiger partial charge in [-0.25, -0.2) is 15.0 Å². The molecule has 3 unspecified atom stereocenters. The molecule has 1 aromatic carbocycles. The van der Waals surface area contributed by atoms with Crippen LogP contribution < -0.4 is 31.7 Å². The van der Waals surface area contributed by atoms with Gasteiger partial charge in [0.15, 0.2) is 0 Å². The Hall–Kier alpha value is -2.32. The molecule has 24 heavy (non-hydrogen) atoms. The Labute approximate surface area is 141 Å². The van der Waals surface area contributed by atoms with Crippen LogP contribution in [0.15, 0.2) is 24.3 Å². The highest BCUT2D eigenvalue weighted by Crippen LogP contribution is 2.21. The predicted molar refractivity (Wildman–Crippen MR) is 92.6 cm³/mol. The van der Waals surface area contributed by atoms with E-state index < -0.39 is 0 Å². The van der Waals surface area contributed by atoms with E-state index in [9.17, 15) is 9.59 Å². The van der Waals surface area contributed by atoms with Crippen molar-refractivity contribution < 1.29 is 9.59 Å². The SMILES string of the molecule is CCC1NNC(NC(=O)Nc2cccc(N3CCNC3=O)c2)C1C. The first-order valence-electron chi connectivity index (χ1n) is 8.32. The van der Waals surface area contributed by atoms with E-state index in [1.807, 2.05) is 12.1 Å². The van der Waals surface area contributed by atoms with Crippen LogP contribution in [-0.2, 0) is 0 Å². The van der Waals surface area contributed by atoms with Crippen molar-refractivity contribution in [2.24, 2.45) is 5.92 Å². The summed E-state index contributed by atoms with van der Waals surface area (Å²) in [6, 6.07) is 7.22. The van der Waals surface area contributed by atoms with Gasteiger partial charge in [0.2, 0.25) is 0 Å². The molecule has 2 heterocycles. The lowest BCUT2D eigenvalue weighted by Gasteiger charge is -2.19. The fraction of sp³-hybridized carbons (Fsp3) is 0.500. The lowest BCUT2D eigenvalue weighted by atomic mass is 9.99. The Kier molecular flexibility index (Phi) is 4.86. The molecule has 0 aromatic heterocycles. The van der Waals surface area contributed by atoms with Gasteiger partial charge in [-0.15, -0.1) is 0 Å². The lowest BCUT2D eigenvalue weighted by molar-refractivity contribution is 0.243. The van der Waals surface area contributed by atoms with Crippen LogP contribution in [-0.4, -0.2) is 37.4 Å². The van der Waals surface area contributed by atoms with Gasteiger partial charge in [0.05, 0.1) is 6.17 Å². The van der Waals surface area contributed by atoms with E-state index in [2.05, 4.69) is 40.6 Å². The van der Waals surface area contributed by atoms with E-state index in [0.717, 1.165) is 12.1 Å². The van der Waals surface area contributed by atoms with Crippen LogP contribution in [0.5, 0.6) is 0 Å². The van der Waals surface area contributed by atoms with Crippen molar-refractivity contribution in [1.29, 1.82) is 0 Å². The summed E-state index contributed by atoms with van der Waals surface area (Å²) in [5.74, 6) is 0.292. The maximum Gasteiger partial charge on any atom is 0.321 e. The predicted octanol–water partition coefficient (Wildman–Crippen LogP) is 1.19. The molecule has 4 amide bonds. The minimum atomic E-state index is -0.277. The Balaban J connectivity index is 1.60. The van der Waals surface area contributed by atoms with Gasteiger partial charge in [0.25, 0.3) is 0 Å². The first-order valence-corrected chi connectivity index (χ1v) is 8.32. The number of carbonyl (C=O) groups excluding carboxylic acids is 2. The molecule has 2 aliphatic heterocycles. The average Bonchev–Trinajstić information content (AvgIpc) is 3.14. The first-order chi connectivity index (χ1) is 11.6. The second kappa shape index (κ2) is 7.06. The smallest absolute Gasteiger partial charge is 0.321 e. The standard InChI is InChI=1S/C16H24N6O2/c1-3-13-10(2)14(21-20-13)19-15(23)18-11-5-4-6-12(9-11)22-8-7-17-16(22)24/h4-6,9-10,13-14,20-21H,3,7-8H2,1-2H3,(H,17,24)(H2,18,19,23). The van der Waals surface area contributed by atoms with Gasteiger partial charge >= 0.3 is 12.1 Å². The number of anilines is 2. The molecule has 0 aliphatic carbocycles. The second-order valence-electron chi connectivity index (χ2n) is 6.17. The Bertz CT molecular complexity index is 622. The van der Waals surface area contributed by atoms with Crippen LogP contribution in [0.2, 0.25) is 0 Å². The zero-order valence-electron chi connectivity index (χ0n) is 13.9. The Morgan fingerprint density at radius 3 is 2.88 bits per heavy atom. The van der Waals surface area contributed by atoms with E-state index in [1.165, 1.54) is 0 Å². The molecule has 0 saturated carbocycles. The van der Waals surface area contributed by atoms with Gasteiger partial charge in [-0.05, 0) is 24.6 Å². The topological polar surface area (TPSA) is 97.5 Å². The van der Waals surface area contributed by atoms with Crippen LogP contribution in [0.3, 0.4) is 0 Å². The minimum Gasteiger partial charge on any atom is -0.336 e. The lowest BCUT2D eigenvalue weighted by Crippen LogP contribution is -2.48. The normalized spacial score (nSPS) is 26.3. The fourth-order valence-corrected chi connectivity index (χ4v) is 3.11. The molecule has 2 fully saturated rings. The van der Waals surface area contributed by atoms with Crippen LogP contribution in [0.25, 0.3) is 0 Å². The number of hydrogen-bond acceptors (Lipinski definition) is 4. The summed E-state index contributed by atoms with van der Waals surface area (Å²) in [5.41, 5.74) is 7.70. The van der Waals surface area contributed by atoms with Crippen molar-refractivity contribution in [3.05, 3.63) is 24.3 Å². The van der Waals surface area contributed by atoms with Gasteiger partial charge in [0, 0.05) is 36.4 Å². The molecule has 8 nitrogen and oxygen atoms in total. The summed E-state index contributed by atoms with van der Waals surface area (Å²) in [6.45, 7) is 5.47. The molecule has 2 saturated heterocycles. The van der Waals surface area contributed by atoms with Gasteiger partial charge < -0.3 is 16.0 Å². The van der Waals surface area contributed by atoms with Crippen molar-refractivity contribution >= 4 is 23.4 Å². The van der Waals surface area contributed by atoms with Crippen LogP contribution >= 0.6 is 0 Å². The molecular formula is C16H24N6O2. The summed E-state index contributed by atoms with van der Waals surface area (Å²) in [6.07, 6.45) is 0.871. The van der Waals surface area contributed by atoms with Crippen molar-refractivity contribution in [2.75, 3.05) is 23.3 Å². The molecule has 5 N–H and O–H groups in total. The van der Waals surface area contributed by atoms with Crippen LogP contribution in [0.1, 0.15) is 20.3 Å². The average molecular weight is 332 g/mol. The molecular weight excluding hydrogens is 308 g/mol. The first kappa shape index (κ1) is 16.5. The zero-order chi connectivity index (χ0) is 17.1. The summed E-state index contributed by atoms with van der Waals surface area (Å²) >= 11 is 0. The van der Waals surface area contributed by atoms with Gasteiger partial charge in [0.1, 0.15) is 0 Å². The van der Waals surface area contributed by atoms with Crippen LogP contribution in [0, 0.1) is 5.92 Å². The minimum absolute atomic E-state index is 0.114. The molecule has 3 rings (SSSR count). The van der Waals surface area contributed by atoms with Crippen molar-refractivity contribution in [3.8, 4) is 0 Å². The maximum absolute atomic E-state index is 12.2. The largest absolute Gasteiger partial charge is 0.336 e. The second-order valence-corrected chi connectivity index (χ2v) is 6.17. The molecule has 2 aliphatic rings.